The van der Waals surface area contributed by atoms with Crippen LogP contribution >= 0.6 is 0 Å². The highest BCUT2D eigenvalue weighted by atomic mass is 16.4. The Hall–Kier alpha value is -2.08. The standard InChI is InChI=1S/C13H15N3O3/c17-12(9-3-1-2-6-14-9)15-8-4-5-11-10(7-8)16-13(18)19-11/h4-5,7,9,14H,1-3,6H2,(H,15,17)(H,16,18)/t9-/m0/s1. The van der Waals surface area contributed by atoms with E-state index in [1.54, 1.807) is 18.2 Å². The largest absolute Gasteiger partial charge is 0.417 e. The van der Waals surface area contributed by atoms with Crippen LogP contribution in [0.4, 0.5) is 5.69 Å². The van der Waals surface area contributed by atoms with Crippen molar-refractivity contribution >= 4 is 22.7 Å². The molecular formula is C13H15N3O3. The fourth-order valence-electron chi connectivity index (χ4n) is 2.33. The molecule has 1 amide bonds. The van der Waals surface area contributed by atoms with Gasteiger partial charge in [-0.3, -0.25) is 9.78 Å². The number of carbonyl (C=O) groups is 1. The molecule has 1 aliphatic heterocycles. The van der Waals surface area contributed by atoms with Gasteiger partial charge in [-0.2, -0.15) is 0 Å². The molecule has 6 heteroatoms. The van der Waals surface area contributed by atoms with Crippen molar-refractivity contribution in [1.29, 1.82) is 0 Å². The maximum absolute atomic E-state index is 12.0. The van der Waals surface area contributed by atoms with Crippen molar-refractivity contribution < 1.29 is 9.21 Å². The van der Waals surface area contributed by atoms with Gasteiger partial charge in [-0.25, -0.2) is 4.79 Å². The van der Waals surface area contributed by atoms with Gasteiger partial charge in [-0.15, -0.1) is 0 Å². The number of nitrogens with one attached hydrogen (secondary N) is 3. The lowest BCUT2D eigenvalue weighted by Gasteiger charge is -2.22. The van der Waals surface area contributed by atoms with E-state index in [2.05, 4.69) is 15.6 Å². The molecule has 2 aromatic rings. The minimum Gasteiger partial charge on any atom is -0.408 e. The van der Waals surface area contributed by atoms with E-state index in [9.17, 15) is 9.59 Å². The fourth-order valence-corrected chi connectivity index (χ4v) is 2.33. The summed E-state index contributed by atoms with van der Waals surface area (Å²) in [4.78, 5) is 25.7. The maximum Gasteiger partial charge on any atom is 0.417 e. The molecule has 0 saturated carbocycles. The van der Waals surface area contributed by atoms with Gasteiger partial charge in [0.05, 0.1) is 11.6 Å². The number of piperidine rings is 1. The molecule has 1 aliphatic rings. The van der Waals surface area contributed by atoms with Crippen molar-refractivity contribution in [2.75, 3.05) is 11.9 Å². The van der Waals surface area contributed by atoms with E-state index in [4.69, 9.17) is 4.42 Å². The van der Waals surface area contributed by atoms with E-state index in [0.717, 1.165) is 25.8 Å². The average Bonchev–Trinajstić information content (AvgIpc) is 2.79. The quantitative estimate of drug-likeness (QED) is 0.758. The molecule has 3 N–H and O–H groups in total. The number of rotatable bonds is 2. The Bertz CT molecular complexity index is 652. The Balaban J connectivity index is 1.76. The first-order valence-electron chi connectivity index (χ1n) is 6.39. The second kappa shape index (κ2) is 4.89. The normalized spacial score (nSPS) is 19.5. The number of carbonyl (C=O) groups excluding carboxylic acids is 1. The summed E-state index contributed by atoms with van der Waals surface area (Å²) in [6.45, 7) is 0.881. The van der Waals surface area contributed by atoms with Crippen LogP contribution in [0.25, 0.3) is 11.1 Å². The van der Waals surface area contributed by atoms with Crippen molar-refractivity contribution in [3.63, 3.8) is 0 Å². The van der Waals surface area contributed by atoms with Gasteiger partial charge in [0.2, 0.25) is 5.91 Å². The highest BCUT2D eigenvalue weighted by Gasteiger charge is 2.20. The second-order valence-corrected chi connectivity index (χ2v) is 4.72. The molecule has 0 aliphatic carbocycles. The summed E-state index contributed by atoms with van der Waals surface area (Å²) in [5.41, 5.74) is 1.72. The van der Waals surface area contributed by atoms with Crippen LogP contribution in [0.15, 0.2) is 27.4 Å². The zero-order valence-corrected chi connectivity index (χ0v) is 10.4. The molecule has 3 rings (SSSR count). The van der Waals surface area contributed by atoms with Crippen LogP contribution in [0.2, 0.25) is 0 Å². The average molecular weight is 261 g/mol. The summed E-state index contributed by atoms with van der Waals surface area (Å²) in [6, 6.07) is 4.95. The predicted octanol–water partition coefficient (Wildman–Crippen LogP) is 1.20. The summed E-state index contributed by atoms with van der Waals surface area (Å²) in [7, 11) is 0. The van der Waals surface area contributed by atoms with Gasteiger partial charge >= 0.3 is 5.76 Å². The Morgan fingerprint density at radius 2 is 2.26 bits per heavy atom. The minimum atomic E-state index is -0.493. The summed E-state index contributed by atoms with van der Waals surface area (Å²) in [5.74, 6) is -0.530. The molecule has 0 unspecified atom stereocenters. The lowest BCUT2D eigenvalue weighted by molar-refractivity contribution is -0.118. The first kappa shape index (κ1) is 12.0. The number of oxazole rings is 1. The second-order valence-electron chi connectivity index (χ2n) is 4.72. The Morgan fingerprint density at radius 3 is 3.05 bits per heavy atom. The van der Waals surface area contributed by atoms with E-state index in [-0.39, 0.29) is 11.9 Å². The summed E-state index contributed by atoms with van der Waals surface area (Å²) < 4.78 is 4.91. The smallest absolute Gasteiger partial charge is 0.408 e. The van der Waals surface area contributed by atoms with Crippen molar-refractivity contribution in [2.45, 2.75) is 25.3 Å². The molecule has 0 bridgehead atoms. The summed E-state index contributed by atoms with van der Waals surface area (Å²) in [6.07, 6.45) is 3.04. The summed E-state index contributed by atoms with van der Waals surface area (Å²) in [5, 5.41) is 6.04. The molecule has 1 fully saturated rings. The van der Waals surface area contributed by atoms with Crippen LogP contribution in [0.5, 0.6) is 0 Å². The zero-order chi connectivity index (χ0) is 13.2. The zero-order valence-electron chi connectivity index (χ0n) is 10.4. The van der Waals surface area contributed by atoms with E-state index in [0.29, 0.717) is 16.8 Å². The van der Waals surface area contributed by atoms with Gasteiger partial charge in [-0.05, 0) is 37.6 Å². The van der Waals surface area contributed by atoms with Crippen molar-refractivity contribution in [1.82, 2.24) is 10.3 Å². The number of H-pyrrole nitrogens is 1. The molecule has 2 heterocycles. The fraction of sp³-hybridized carbons (Fsp3) is 0.385. The van der Waals surface area contributed by atoms with E-state index in [1.807, 2.05) is 0 Å². The molecule has 1 atom stereocenters. The number of fused-ring (bicyclic) bond motifs is 1. The summed E-state index contributed by atoms with van der Waals surface area (Å²) >= 11 is 0. The van der Waals surface area contributed by atoms with Crippen molar-refractivity contribution in [2.24, 2.45) is 0 Å². The number of hydrogen-bond acceptors (Lipinski definition) is 4. The van der Waals surface area contributed by atoms with Crippen LogP contribution in [-0.4, -0.2) is 23.5 Å². The Morgan fingerprint density at radius 1 is 1.37 bits per heavy atom. The van der Waals surface area contributed by atoms with Crippen LogP contribution in [0.3, 0.4) is 0 Å². The number of anilines is 1. The van der Waals surface area contributed by atoms with E-state index < -0.39 is 5.76 Å². The first-order valence-corrected chi connectivity index (χ1v) is 6.39. The number of benzene rings is 1. The highest BCUT2D eigenvalue weighted by molar-refractivity contribution is 5.96. The predicted molar refractivity (Wildman–Crippen MR) is 71.1 cm³/mol. The van der Waals surface area contributed by atoms with Gasteiger partial charge in [-0.1, -0.05) is 6.42 Å². The minimum absolute atomic E-state index is 0.0371. The van der Waals surface area contributed by atoms with Crippen molar-refractivity contribution in [3.05, 3.63) is 28.7 Å². The van der Waals surface area contributed by atoms with Crippen LogP contribution in [0.1, 0.15) is 19.3 Å². The SMILES string of the molecule is O=C(Nc1ccc2oc(=O)[nH]c2c1)[C@@H]1CCCCN1. The Labute approximate surface area is 109 Å². The topological polar surface area (TPSA) is 87.1 Å². The number of aromatic nitrogens is 1. The Kier molecular flexibility index (Phi) is 3.08. The highest BCUT2D eigenvalue weighted by Crippen LogP contribution is 2.17. The van der Waals surface area contributed by atoms with Gasteiger partial charge in [0, 0.05) is 5.69 Å². The molecule has 19 heavy (non-hydrogen) atoms. The third-order valence-electron chi connectivity index (χ3n) is 3.31. The third kappa shape index (κ3) is 2.53. The molecule has 1 aromatic carbocycles. The van der Waals surface area contributed by atoms with Crippen LogP contribution < -0.4 is 16.4 Å². The van der Waals surface area contributed by atoms with Crippen LogP contribution in [-0.2, 0) is 4.79 Å². The number of hydrogen-bond donors (Lipinski definition) is 3. The van der Waals surface area contributed by atoms with E-state index in [1.165, 1.54) is 0 Å². The lowest BCUT2D eigenvalue weighted by Crippen LogP contribution is -2.43. The van der Waals surface area contributed by atoms with E-state index >= 15 is 0 Å². The molecule has 6 nitrogen and oxygen atoms in total. The first-order chi connectivity index (χ1) is 9.22. The third-order valence-corrected chi connectivity index (χ3v) is 3.31. The molecule has 0 spiro atoms. The molecular weight excluding hydrogens is 246 g/mol. The molecule has 100 valence electrons. The van der Waals surface area contributed by atoms with Crippen molar-refractivity contribution in [3.8, 4) is 0 Å². The van der Waals surface area contributed by atoms with Gasteiger partial charge in [0.15, 0.2) is 5.58 Å². The lowest BCUT2D eigenvalue weighted by atomic mass is 10.0. The number of amides is 1. The molecule has 1 aromatic heterocycles. The van der Waals surface area contributed by atoms with Gasteiger partial charge < -0.3 is 15.1 Å². The van der Waals surface area contributed by atoms with Crippen LogP contribution in [0, 0.1) is 0 Å². The molecule has 1 saturated heterocycles. The molecule has 0 radical (unpaired) electrons. The monoisotopic (exact) mass is 261 g/mol. The number of aromatic amines is 1. The maximum atomic E-state index is 12.0. The van der Waals surface area contributed by atoms with Gasteiger partial charge in [0.25, 0.3) is 0 Å². The van der Waals surface area contributed by atoms with Gasteiger partial charge in [0.1, 0.15) is 0 Å².